The molecule has 5 N–H and O–H groups in total. The molecule has 1 aromatic heterocycles. The Kier molecular flexibility index (Phi) is 8.11. The lowest BCUT2D eigenvalue weighted by molar-refractivity contribution is 0.248. The van der Waals surface area contributed by atoms with Gasteiger partial charge in [-0.1, -0.05) is 12.1 Å². The molecule has 0 saturated heterocycles. The van der Waals surface area contributed by atoms with E-state index in [4.69, 9.17) is 14.0 Å². The summed E-state index contributed by atoms with van der Waals surface area (Å²) in [6.45, 7) is 0.859. The number of nitrogens with zero attached hydrogens (tertiary/aromatic N) is 1. The number of hydrogen-bond acceptors (Lipinski definition) is 8. The Balaban J connectivity index is 1.37. The van der Waals surface area contributed by atoms with Crippen LogP contribution in [0, 0.1) is 0 Å². The number of anilines is 2. The number of ether oxygens (including phenoxy) is 1. The second-order valence-corrected chi connectivity index (χ2v) is 9.53. The smallest absolute Gasteiger partial charge is 0.339 e. The number of aliphatic hydroxyl groups is 1. The molecule has 3 aromatic carbocycles. The number of aromatic amines is 1. The lowest BCUT2D eigenvalue weighted by atomic mass is 10.2. The molecule has 0 radical (unpaired) electrons. The molecule has 11 nitrogen and oxygen atoms in total. The lowest BCUT2D eigenvalue weighted by Gasteiger charge is -2.10. The molecule has 37 heavy (non-hydrogen) atoms. The first kappa shape index (κ1) is 25.8. The first-order valence-corrected chi connectivity index (χ1v) is 12.8. The Morgan fingerprint density at radius 3 is 2.46 bits per heavy atom. The largest absolute Gasteiger partial charge is 0.497 e. The van der Waals surface area contributed by atoms with E-state index in [1.165, 1.54) is 24.3 Å². The van der Waals surface area contributed by atoms with Crippen LogP contribution < -0.4 is 24.9 Å². The number of hydrogen-bond donors (Lipinski definition) is 5. The van der Waals surface area contributed by atoms with Crippen LogP contribution >= 0.6 is 0 Å². The summed E-state index contributed by atoms with van der Waals surface area (Å²) < 4.78 is 36.1. The first-order chi connectivity index (χ1) is 17.9. The van der Waals surface area contributed by atoms with Crippen molar-refractivity contribution < 1.29 is 27.2 Å². The molecule has 0 unspecified atom stereocenters. The van der Waals surface area contributed by atoms with Crippen LogP contribution in [-0.2, 0) is 16.7 Å². The van der Waals surface area contributed by atoms with Crippen LogP contribution in [0.25, 0.3) is 11.0 Å². The van der Waals surface area contributed by atoms with Crippen molar-refractivity contribution in [3.05, 3.63) is 72.3 Å². The minimum atomic E-state index is -4.07. The van der Waals surface area contributed by atoms with Crippen LogP contribution in [0.2, 0.25) is 0 Å². The molecular weight excluding hydrogens is 498 g/mol. The molecule has 0 aliphatic heterocycles. The average molecular weight is 526 g/mol. The van der Waals surface area contributed by atoms with Gasteiger partial charge in [0, 0.05) is 31.5 Å². The average Bonchev–Trinajstić information content (AvgIpc) is 3.29. The number of fused-ring (bicyclic) bond motifs is 1. The number of carbonyl (C=O) groups excluding carboxylic acids is 1. The summed E-state index contributed by atoms with van der Waals surface area (Å²) in [5, 5.41) is 17.1. The molecule has 4 rings (SSSR count). The van der Waals surface area contributed by atoms with Crippen molar-refractivity contribution in [1.29, 1.82) is 0 Å². The monoisotopic (exact) mass is 525 g/mol. The highest BCUT2D eigenvalue weighted by molar-refractivity contribution is 7.87. The predicted octanol–water partition coefficient (Wildman–Crippen LogP) is 3.46. The van der Waals surface area contributed by atoms with E-state index in [0.717, 1.165) is 17.0 Å². The highest BCUT2D eigenvalue weighted by Crippen LogP contribution is 2.25. The molecule has 0 atom stereocenters. The highest BCUT2D eigenvalue weighted by Gasteiger charge is 2.17. The number of methoxy groups -OCH3 is 1. The molecule has 0 spiro atoms. The lowest BCUT2D eigenvalue weighted by Crippen LogP contribution is -2.30. The van der Waals surface area contributed by atoms with Gasteiger partial charge in [0.15, 0.2) is 0 Å². The number of H-pyrrole nitrogens is 1. The summed E-state index contributed by atoms with van der Waals surface area (Å²) >= 11 is 0. The fourth-order valence-electron chi connectivity index (χ4n) is 3.39. The van der Waals surface area contributed by atoms with Crippen LogP contribution in [0.15, 0.2) is 71.6 Å². The molecule has 0 aliphatic carbocycles. The van der Waals surface area contributed by atoms with Gasteiger partial charge in [0.1, 0.15) is 16.4 Å². The van der Waals surface area contributed by atoms with Crippen LogP contribution in [0.4, 0.5) is 16.4 Å². The molecule has 2 amide bonds. The van der Waals surface area contributed by atoms with E-state index in [9.17, 15) is 13.2 Å². The molecule has 0 saturated carbocycles. The van der Waals surface area contributed by atoms with Crippen molar-refractivity contribution >= 4 is 38.8 Å². The zero-order valence-corrected chi connectivity index (χ0v) is 20.8. The third kappa shape index (κ3) is 6.90. The highest BCUT2D eigenvalue weighted by atomic mass is 32.2. The number of benzene rings is 3. The van der Waals surface area contributed by atoms with Gasteiger partial charge in [-0.05, 0) is 60.5 Å². The maximum atomic E-state index is 12.8. The number of aliphatic hydroxyl groups excluding tert-OH is 1. The molecular formula is C25H27N5O6S. The third-order valence-corrected chi connectivity index (χ3v) is 6.57. The van der Waals surface area contributed by atoms with Crippen LogP contribution in [-0.4, -0.2) is 49.8 Å². The van der Waals surface area contributed by atoms with E-state index in [0.29, 0.717) is 30.5 Å². The second kappa shape index (κ2) is 11.6. The van der Waals surface area contributed by atoms with Crippen LogP contribution in [0.5, 0.6) is 11.5 Å². The van der Waals surface area contributed by atoms with E-state index in [1.807, 2.05) is 24.3 Å². The minimum Gasteiger partial charge on any atom is -0.497 e. The van der Waals surface area contributed by atoms with E-state index in [-0.39, 0.29) is 23.2 Å². The molecule has 4 aromatic rings. The molecule has 0 fully saturated rings. The maximum absolute atomic E-state index is 12.8. The molecule has 0 aliphatic rings. The van der Waals surface area contributed by atoms with Gasteiger partial charge in [0.2, 0.25) is 5.95 Å². The van der Waals surface area contributed by atoms with Crippen LogP contribution in [0.1, 0.15) is 12.0 Å². The Bertz CT molecular complexity index is 1450. The van der Waals surface area contributed by atoms with Crippen molar-refractivity contribution in [3.8, 4) is 11.5 Å². The summed E-state index contributed by atoms with van der Waals surface area (Å²) in [5.74, 6) is 1.06. The maximum Gasteiger partial charge on any atom is 0.339 e. The number of carbonyl (C=O) groups is 1. The number of amides is 2. The summed E-state index contributed by atoms with van der Waals surface area (Å²) in [6.07, 6.45) is 0.436. The van der Waals surface area contributed by atoms with Gasteiger partial charge >= 0.3 is 16.1 Å². The zero-order chi connectivity index (χ0) is 26.3. The molecule has 12 heteroatoms. The van der Waals surface area contributed by atoms with Gasteiger partial charge in [0.05, 0.1) is 18.1 Å². The normalized spacial score (nSPS) is 11.2. The van der Waals surface area contributed by atoms with Crippen molar-refractivity contribution in [2.24, 2.45) is 0 Å². The Morgan fingerprint density at radius 1 is 1.03 bits per heavy atom. The first-order valence-electron chi connectivity index (χ1n) is 11.4. The Morgan fingerprint density at radius 2 is 1.76 bits per heavy atom. The molecule has 194 valence electrons. The summed E-state index contributed by atoms with van der Waals surface area (Å²) in [5.41, 5.74) is 2.81. The van der Waals surface area contributed by atoms with Gasteiger partial charge < -0.3 is 29.6 Å². The second-order valence-electron chi connectivity index (χ2n) is 7.99. The van der Waals surface area contributed by atoms with Crippen molar-refractivity contribution in [2.45, 2.75) is 17.9 Å². The number of rotatable bonds is 11. The van der Waals surface area contributed by atoms with Crippen LogP contribution in [0.3, 0.4) is 0 Å². The van der Waals surface area contributed by atoms with Gasteiger partial charge in [-0.15, -0.1) is 0 Å². The van der Waals surface area contributed by atoms with Gasteiger partial charge in [-0.25, -0.2) is 9.78 Å². The van der Waals surface area contributed by atoms with Crippen molar-refractivity contribution in [2.75, 3.05) is 30.9 Å². The fourth-order valence-corrected chi connectivity index (χ4v) is 4.32. The predicted molar refractivity (Wildman–Crippen MR) is 139 cm³/mol. The molecule has 0 bridgehead atoms. The van der Waals surface area contributed by atoms with E-state index in [1.54, 1.807) is 25.3 Å². The van der Waals surface area contributed by atoms with E-state index < -0.39 is 16.1 Å². The number of urea groups is 1. The van der Waals surface area contributed by atoms with E-state index >= 15 is 0 Å². The summed E-state index contributed by atoms with van der Waals surface area (Å²) in [4.78, 5) is 19.0. The third-order valence-electron chi connectivity index (χ3n) is 5.31. The zero-order valence-electron chi connectivity index (χ0n) is 20.0. The Hall–Kier alpha value is -4.29. The van der Waals surface area contributed by atoms with E-state index in [2.05, 4.69) is 25.9 Å². The van der Waals surface area contributed by atoms with Crippen molar-refractivity contribution in [3.63, 3.8) is 0 Å². The van der Waals surface area contributed by atoms with Gasteiger partial charge in [-0.3, -0.25) is 5.32 Å². The SMILES string of the molecule is COc1ccc(CNc2ccc(S(=O)(=O)Oc3ccc4nc(NC(=O)NCCCO)[nH]c4c3)cc2)cc1. The quantitative estimate of drug-likeness (QED) is 0.147. The number of imidazole rings is 1. The van der Waals surface area contributed by atoms with Gasteiger partial charge in [0.25, 0.3) is 0 Å². The summed E-state index contributed by atoms with van der Waals surface area (Å²) in [7, 11) is -2.46. The topological polar surface area (TPSA) is 155 Å². The number of nitrogens with one attached hydrogen (secondary N) is 4. The fraction of sp³-hybridized carbons (Fsp3) is 0.200. The minimum absolute atomic E-state index is 0.00844. The standard InChI is InChI=1S/C25H27N5O6S/c1-35-19-7-3-17(4-8-19)16-27-18-5-10-21(11-6-18)37(33,34)36-20-9-12-22-23(15-20)29-24(28-22)30-25(32)26-13-2-14-31/h3-12,15,27,31H,2,13-14,16H2,1H3,(H3,26,28,29,30,32). The Labute approximate surface area is 214 Å². The summed E-state index contributed by atoms with van der Waals surface area (Å²) in [6, 6.07) is 18.0. The molecule has 1 heterocycles. The number of aromatic nitrogens is 2. The van der Waals surface area contributed by atoms with Gasteiger partial charge in [-0.2, -0.15) is 8.42 Å². The van der Waals surface area contributed by atoms with Crippen molar-refractivity contribution in [1.82, 2.24) is 15.3 Å².